The summed E-state index contributed by atoms with van der Waals surface area (Å²) >= 11 is 0. The van der Waals surface area contributed by atoms with Crippen LogP contribution >= 0.6 is 0 Å². The third-order valence-electron chi connectivity index (χ3n) is 3.37. The lowest BCUT2D eigenvalue weighted by molar-refractivity contribution is -0.144. The van der Waals surface area contributed by atoms with Gasteiger partial charge < -0.3 is 9.72 Å². The smallest absolute Gasteiger partial charge is 0.320 e. The summed E-state index contributed by atoms with van der Waals surface area (Å²) in [6.45, 7) is 4.15. The Morgan fingerprint density at radius 2 is 2.14 bits per heavy atom. The highest BCUT2D eigenvalue weighted by Crippen LogP contribution is 2.15. The average molecular weight is 289 g/mol. The molecule has 6 heteroatoms. The van der Waals surface area contributed by atoms with Crippen LogP contribution in [0, 0.1) is 0 Å². The number of H-pyrrole nitrogens is 1. The van der Waals surface area contributed by atoms with Crippen LogP contribution in [0.5, 0.6) is 0 Å². The van der Waals surface area contributed by atoms with E-state index in [1.807, 2.05) is 13.0 Å². The van der Waals surface area contributed by atoms with E-state index in [-0.39, 0.29) is 24.1 Å². The number of ether oxygens (including phenoxy) is 1. The van der Waals surface area contributed by atoms with E-state index in [0.717, 1.165) is 0 Å². The average Bonchev–Trinajstić information content (AvgIpc) is 2.46. The molecule has 2 aromatic rings. The second-order valence-electron chi connectivity index (χ2n) is 4.86. The summed E-state index contributed by atoms with van der Waals surface area (Å²) in [4.78, 5) is 32.6. The second kappa shape index (κ2) is 6.49. The number of hydrogen-bond donors (Lipinski definition) is 1. The number of fused-ring (bicyclic) bond motifs is 1. The second-order valence-corrected chi connectivity index (χ2v) is 4.86. The van der Waals surface area contributed by atoms with Crippen LogP contribution in [0.1, 0.15) is 25.7 Å². The van der Waals surface area contributed by atoms with Crippen LogP contribution in [0.4, 0.5) is 0 Å². The number of rotatable bonds is 5. The summed E-state index contributed by atoms with van der Waals surface area (Å²) in [5.74, 6) is 0.237. The minimum Gasteiger partial charge on any atom is -0.465 e. The molecular weight excluding hydrogens is 270 g/mol. The highest BCUT2D eigenvalue weighted by Gasteiger charge is 2.18. The van der Waals surface area contributed by atoms with Gasteiger partial charge in [-0.1, -0.05) is 12.1 Å². The molecule has 1 atom stereocenters. The molecule has 0 fully saturated rings. The minimum atomic E-state index is -0.296. The highest BCUT2D eigenvalue weighted by molar-refractivity contribution is 5.77. The summed E-state index contributed by atoms with van der Waals surface area (Å²) in [5, 5.41) is 0.557. The van der Waals surface area contributed by atoms with Crippen molar-refractivity contribution in [1.82, 2.24) is 14.9 Å². The molecule has 1 aromatic carbocycles. The molecule has 0 amide bonds. The van der Waals surface area contributed by atoms with Crippen molar-refractivity contribution >= 4 is 16.9 Å². The largest absolute Gasteiger partial charge is 0.465 e. The molecule has 0 aliphatic heterocycles. The topological polar surface area (TPSA) is 75.3 Å². The number of carbonyl (C=O) groups excluding carboxylic acids is 1. The molecule has 0 saturated heterocycles. The maximum atomic E-state index is 12.0. The van der Waals surface area contributed by atoms with E-state index in [1.165, 1.54) is 0 Å². The lowest BCUT2D eigenvalue weighted by Crippen LogP contribution is -2.31. The minimum absolute atomic E-state index is 0.144. The van der Waals surface area contributed by atoms with Crippen LogP contribution in [0.25, 0.3) is 10.9 Å². The molecule has 21 heavy (non-hydrogen) atoms. The predicted octanol–water partition coefficient (Wildman–Crippen LogP) is 1.48. The Labute approximate surface area is 122 Å². The van der Waals surface area contributed by atoms with Gasteiger partial charge >= 0.3 is 5.97 Å². The van der Waals surface area contributed by atoms with E-state index >= 15 is 0 Å². The zero-order valence-electron chi connectivity index (χ0n) is 12.4. The van der Waals surface area contributed by atoms with Crippen LogP contribution in [0.15, 0.2) is 29.1 Å². The van der Waals surface area contributed by atoms with E-state index < -0.39 is 0 Å². The van der Waals surface area contributed by atoms with E-state index in [9.17, 15) is 9.59 Å². The number of nitrogens with one attached hydrogen (secondary N) is 1. The lowest BCUT2D eigenvalue weighted by Gasteiger charge is -2.22. The van der Waals surface area contributed by atoms with E-state index in [2.05, 4.69) is 9.97 Å². The molecule has 1 N–H and O–H groups in total. The first kappa shape index (κ1) is 15.2. The van der Waals surface area contributed by atoms with Crippen molar-refractivity contribution in [3.63, 3.8) is 0 Å². The molecular formula is C15H19N3O3. The number of aromatic amines is 1. The standard InChI is InChI=1S/C15H19N3O3/c1-4-21-13(19)9-18(3)10(2)14-16-12-8-6-5-7-11(12)15(20)17-14/h5-8,10H,4,9H2,1-3H3,(H,16,17,20). The third-order valence-corrected chi connectivity index (χ3v) is 3.37. The van der Waals surface area contributed by atoms with E-state index in [1.54, 1.807) is 37.1 Å². The van der Waals surface area contributed by atoms with Gasteiger partial charge in [-0.05, 0) is 33.0 Å². The molecule has 1 aromatic heterocycles. The fraction of sp³-hybridized carbons (Fsp3) is 0.400. The first-order chi connectivity index (χ1) is 10.0. The number of benzene rings is 1. The van der Waals surface area contributed by atoms with Crippen molar-refractivity contribution in [2.75, 3.05) is 20.2 Å². The number of carbonyl (C=O) groups is 1. The quantitative estimate of drug-likeness (QED) is 0.844. The van der Waals surface area contributed by atoms with Crippen LogP contribution in [-0.4, -0.2) is 41.0 Å². The van der Waals surface area contributed by atoms with Gasteiger partial charge in [0.2, 0.25) is 0 Å². The zero-order valence-corrected chi connectivity index (χ0v) is 12.4. The maximum Gasteiger partial charge on any atom is 0.320 e. The Morgan fingerprint density at radius 3 is 2.86 bits per heavy atom. The number of nitrogens with zero attached hydrogens (tertiary/aromatic N) is 2. The molecule has 0 radical (unpaired) electrons. The van der Waals surface area contributed by atoms with Crippen LogP contribution in [0.2, 0.25) is 0 Å². The van der Waals surface area contributed by atoms with E-state index in [4.69, 9.17) is 4.74 Å². The van der Waals surface area contributed by atoms with Gasteiger partial charge in [0.25, 0.3) is 5.56 Å². The van der Waals surface area contributed by atoms with Crippen molar-refractivity contribution in [2.24, 2.45) is 0 Å². The molecule has 112 valence electrons. The lowest BCUT2D eigenvalue weighted by atomic mass is 10.2. The fourth-order valence-corrected chi connectivity index (χ4v) is 2.06. The van der Waals surface area contributed by atoms with Crippen molar-refractivity contribution < 1.29 is 9.53 Å². The number of para-hydroxylation sites is 1. The normalized spacial score (nSPS) is 12.6. The number of hydrogen-bond acceptors (Lipinski definition) is 5. The van der Waals surface area contributed by atoms with Gasteiger partial charge in [0, 0.05) is 0 Å². The van der Waals surface area contributed by atoms with E-state index in [0.29, 0.717) is 23.3 Å². The van der Waals surface area contributed by atoms with Gasteiger partial charge in [0.1, 0.15) is 5.82 Å². The SMILES string of the molecule is CCOC(=O)CN(C)C(C)c1nc2ccccc2c(=O)[nH]1. The third kappa shape index (κ3) is 3.46. The molecule has 6 nitrogen and oxygen atoms in total. The monoisotopic (exact) mass is 289 g/mol. The van der Waals surface area contributed by atoms with Gasteiger partial charge in [-0.3, -0.25) is 14.5 Å². The number of aromatic nitrogens is 2. The Bertz CT molecular complexity index is 696. The summed E-state index contributed by atoms with van der Waals surface area (Å²) in [7, 11) is 1.79. The summed E-state index contributed by atoms with van der Waals surface area (Å²) in [5.41, 5.74) is 0.472. The van der Waals surface area contributed by atoms with Crippen LogP contribution in [-0.2, 0) is 9.53 Å². The van der Waals surface area contributed by atoms with Gasteiger partial charge in [-0.2, -0.15) is 0 Å². The van der Waals surface area contributed by atoms with Crippen molar-refractivity contribution in [3.8, 4) is 0 Å². The Morgan fingerprint density at radius 1 is 1.43 bits per heavy atom. The van der Waals surface area contributed by atoms with Gasteiger partial charge in [0.15, 0.2) is 0 Å². The Kier molecular flexibility index (Phi) is 4.70. The fourth-order valence-electron chi connectivity index (χ4n) is 2.06. The Balaban J connectivity index is 2.25. The van der Waals surface area contributed by atoms with Crippen molar-refractivity contribution in [3.05, 3.63) is 40.4 Å². The number of likely N-dealkylation sites (N-methyl/N-ethyl adjacent to an activating group) is 1. The van der Waals surface area contributed by atoms with Crippen LogP contribution in [0.3, 0.4) is 0 Å². The number of esters is 1. The molecule has 1 heterocycles. The summed E-state index contributed by atoms with van der Waals surface area (Å²) in [6.07, 6.45) is 0. The molecule has 0 bridgehead atoms. The first-order valence-electron chi connectivity index (χ1n) is 6.87. The van der Waals surface area contributed by atoms with Crippen molar-refractivity contribution in [1.29, 1.82) is 0 Å². The van der Waals surface area contributed by atoms with Crippen molar-refractivity contribution in [2.45, 2.75) is 19.9 Å². The highest BCUT2D eigenvalue weighted by atomic mass is 16.5. The molecule has 0 spiro atoms. The zero-order chi connectivity index (χ0) is 15.4. The molecule has 2 rings (SSSR count). The predicted molar refractivity (Wildman–Crippen MR) is 80.0 cm³/mol. The summed E-state index contributed by atoms with van der Waals surface area (Å²) in [6, 6.07) is 6.97. The van der Waals surface area contributed by atoms with Gasteiger partial charge in [-0.25, -0.2) is 4.98 Å². The molecule has 0 aliphatic carbocycles. The summed E-state index contributed by atoms with van der Waals surface area (Å²) < 4.78 is 4.92. The molecule has 1 unspecified atom stereocenters. The van der Waals surface area contributed by atoms with Crippen LogP contribution < -0.4 is 5.56 Å². The molecule has 0 saturated carbocycles. The van der Waals surface area contributed by atoms with Gasteiger partial charge in [-0.15, -0.1) is 0 Å². The maximum absolute atomic E-state index is 12.0. The first-order valence-corrected chi connectivity index (χ1v) is 6.87. The molecule has 0 aliphatic rings. The van der Waals surface area contributed by atoms with Gasteiger partial charge in [0.05, 0.1) is 30.1 Å². The Hall–Kier alpha value is -2.21.